The molecule has 0 aromatic heterocycles. The van der Waals surface area contributed by atoms with Crippen LogP contribution >= 0.6 is 0 Å². The fraction of sp³-hybridized carbons (Fsp3) is 0.250. The van der Waals surface area contributed by atoms with Crippen LogP contribution in [0, 0.1) is 0 Å². The zero-order valence-corrected chi connectivity index (χ0v) is 10.1. The van der Waals surface area contributed by atoms with Crippen molar-refractivity contribution in [2.75, 3.05) is 0 Å². The fourth-order valence-electron chi connectivity index (χ4n) is 0. The minimum absolute atomic E-state index is 0.176. The minimum Gasteiger partial charge on any atom is -0.478 e. The van der Waals surface area contributed by atoms with Crippen molar-refractivity contribution in [2.24, 2.45) is 0 Å². The van der Waals surface area contributed by atoms with Gasteiger partial charge < -0.3 is 10.2 Å². The number of carboxylic acid groups (broad SMARTS) is 2. The molecule has 9 heteroatoms. The average Bonchev–Trinajstić information content (AvgIpc) is 2.01. The van der Waals surface area contributed by atoms with Gasteiger partial charge in [-0.2, -0.15) is 8.42 Å². The van der Waals surface area contributed by atoms with E-state index < -0.39 is 22.3 Å². The van der Waals surface area contributed by atoms with Crippen LogP contribution in [0.15, 0.2) is 24.3 Å². The SMILES string of the molecule is C=C(C)C(=O)O.C=C(C)C(=O)O.O=S(=O)(O)O. The topological polar surface area (TPSA) is 149 Å². The Hall–Kier alpha value is -1.71. The largest absolute Gasteiger partial charge is 0.478 e. The van der Waals surface area contributed by atoms with Gasteiger partial charge in [0.2, 0.25) is 0 Å². The average molecular weight is 270 g/mol. The van der Waals surface area contributed by atoms with Crippen molar-refractivity contribution >= 4 is 22.3 Å². The van der Waals surface area contributed by atoms with Gasteiger partial charge in [0.1, 0.15) is 0 Å². The van der Waals surface area contributed by atoms with E-state index in [0.717, 1.165) is 0 Å². The molecule has 4 N–H and O–H groups in total. The third-order valence-electron chi connectivity index (χ3n) is 0.730. The summed E-state index contributed by atoms with van der Waals surface area (Å²) in [5.41, 5.74) is 0.352. The minimum atomic E-state index is -4.67. The van der Waals surface area contributed by atoms with Gasteiger partial charge in [-0.1, -0.05) is 13.2 Å². The third-order valence-corrected chi connectivity index (χ3v) is 0.730. The van der Waals surface area contributed by atoms with Gasteiger partial charge in [-0.25, -0.2) is 9.59 Å². The van der Waals surface area contributed by atoms with E-state index in [1.807, 2.05) is 0 Å². The van der Waals surface area contributed by atoms with Gasteiger partial charge in [0.25, 0.3) is 0 Å². The highest BCUT2D eigenvalue weighted by molar-refractivity contribution is 7.79. The number of hydrogen-bond donors (Lipinski definition) is 4. The summed E-state index contributed by atoms with van der Waals surface area (Å²) in [5, 5.41) is 15.8. The van der Waals surface area contributed by atoms with E-state index in [1.165, 1.54) is 13.8 Å². The molecule has 0 saturated heterocycles. The molecule has 0 heterocycles. The maximum atomic E-state index is 9.60. The van der Waals surface area contributed by atoms with Crippen LogP contribution in [0.2, 0.25) is 0 Å². The predicted molar refractivity (Wildman–Crippen MR) is 59.1 cm³/mol. The second kappa shape index (κ2) is 9.51. The van der Waals surface area contributed by atoms with E-state index in [-0.39, 0.29) is 11.1 Å². The van der Waals surface area contributed by atoms with Crippen molar-refractivity contribution in [3.63, 3.8) is 0 Å². The highest BCUT2D eigenvalue weighted by Crippen LogP contribution is 1.81. The molecule has 0 radical (unpaired) electrons. The molecule has 0 aromatic rings. The van der Waals surface area contributed by atoms with Gasteiger partial charge in [-0.15, -0.1) is 0 Å². The number of aliphatic carboxylic acids is 2. The molecule has 0 amide bonds. The summed E-state index contributed by atoms with van der Waals surface area (Å²) in [7, 11) is -4.67. The Labute approximate surface area is 98.5 Å². The van der Waals surface area contributed by atoms with Gasteiger partial charge in [-0.05, 0) is 13.8 Å². The molecule has 0 spiro atoms. The maximum Gasteiger partial charge on any atom is 0.394 e. The van der Waals surface area contributed by atoms with Crippen molar-refractivity contribution in [1.82, 2.24) is 0 Å². The first-order chi connectivity index (χ1) is 7.29. The van der Waals surface area contributed by atoms with Gasteiger partial charge in [0.05, 0.1) is 0 Å². The molecule has 17 heavy (non-hydrogen) atoms. The summed E-state index contributed by atoms with van der Waals surface area (Å²) >= 11 is 0. The van der Waals surface area contributed by atoms with E-state index in [0.29, 0.717) is 0 Å². The Morgan fingerprint density at radius 1 is 0.882 bits per heavy atom. The van der Waals surface area contributed by atoms with Crippen molar-refractivity contribution in [2.45, 2.75) is 13.8 Å². The second-order valence-corrected chi connectivity index (χ2v) is 3.51. The van der Waals surface area contributed by atoms with E-state index in [9.17, 15) is 9.59 Å². The van der Waals surface area contributed by atoms with Gasteiger partial charge in [0.15, 0.2) is 0 Å². The molecular weight excluding hydrogens is 256 g/mol. The molecule has 0 aliphatic carbocycles. The molecule has 0 aliphatic rings. The van der Waals surface area contributed by atoms with Crippen LogP contribution in [0.4, 0.5) is 0 Å². The Morgan fingerprint density at radius 3 is 0.941 bits per heavy atom. The monoisotopic (exact) mass is 270 g/mol. The lowest BCUT2D eigenvalue weighted by atomic mass is 10.4. The van der Waals surface area contributed by atoms with Gasteiger partial charge in [-0.3, -0.25) is 9.11 Å². The fourth-order valence-corrected chi connectivity index (χ4v) is 0. The summed E-state index contributed by atoms with van der Waals surface area (Å²) in [4.78, 5) is 19.2. The smallest absolute Gasteiger partial charge is 0.394 e. The van der Waals surface area contributed by atoms with Crippen molar-refractivity contribution in [3.8, 4) is 0 Å². The van der Waals surface area contributed by atoms with Crippen LogP contribution in [-0.4, -0.2) is 39.7 Å². The van der Waals surface area contributed by atoms with Crippen LogP contribution in [0.3, 0.4) is 0 Å². The molecule has 0 bridgehead atoms. The molecule has 0 atom stereocenters. The number of carboxylic acids is 2. The predicted octanol–water partition coefficient (Wildman–Crippen LogP) is 0.641. The summed E-state index contributed by atoms with van der Waals surface area (Å²) in [6, 6.07) is 0. The third kappa shape index (κ3) is 54.6. The Balaban J connectivity index is -0.000000174. The lowest BCUT2D eigenvalue weighted by Gasteiger charge is -1.79. The van der Waals surface area contributed by atoms with Crippen molar-refractivity contribution in [1.29, 1.82) is 0 Å². The molecule has 0 saturated carbocycles. The lowest BCUT2D eigenvalue weighted by Crippen LogP contribution is -1.92. The zero-order valence-electron chi connectivity index (χ0n) is 9.24. The van der Waals surface area contributed by atoms with Gasteiger partial charge in [0, 0.05) is 11.1 Å². The number of rotatable bonds is 2. The molecule has 0 fully saturated rings. The summed E-state index contributed by atoms with van der Waals surface area (Å²) in [6.45, 7) is 9.20. The van der Waals surface area contributed by atoms with Gasteiger partial charge >= 0.3 is 22.3 Å². The first-order valence-corrected chi connectivity index (χ1v) is 5.16. The first-order valence-electron chi connectivity index (χ1n) is 3.76. The van der Waals surface area contributed by atoms with Crippen LogP contribution in [0.1, 0.15) is 13.8 Å². The van der Waals surface area contributed by atoms with E-state index in [1.54, 1.807) is 0 Å². The van der Waals surface area contributed by atoms with E-state index >= 15 is 0 Å². The van der Waals surface area contributed by atoms with Crippen LogP contribution in [0.5, 0.6) is 0 Å². The molecule has 0 rings (SSSR count). The Bertz CT molecular complexity index is 336. The zero-order chi connectivity index (χ0) is 14.8. The Kier molecular flexibility index (Phi) is 11.6. The standard InChI is InChI=1S/2C4H6O2.H2O4S/c2*1-3(2)4(5)6;1-5(2,3)4/h2*1H2,2H3,(H,5,6);(H2,1,2,3,4). The molecule has 0 aromatic carbocycles. The molecule has 100 valence electrons. The second-order valence-electron chi connectivity index (χ2n) is 2.62. The van der Waals surface area contributed by atoms with Crippen LogP contribution < -0.4 is 0 Å². The van der Waals surface area contributed by atoms with Crippen LogP contribution in [-0.2, 0) is 20.0 Å². The quantitative estimate of drug-likeness (QED) is 0.421. The number of hydrogen-bond acceptors (Lipinski definition) is 4. The first kappa shape index (κ1) is 20.7. The normalized spacial score (nSPS) is 8.71. The molecule has 0 aliphatic heterocycles. The summed E-state index contributed by atoms with van der Waals surface area (Å²) in [5.74, 6) is -1.87. The Morgan fingerprint density at radius 2 is 0.941 bits per heavy atom. The molecular formula is C8H14O8S. The number of carbonyl (C=O) groups is 2. The highest BCUT2D eigenvalue weighted by atomic mass is 32.3. The van der Waals surface area contributed by atoms with E-state index in [4.69, 9.17) is 27.7 Å². The lowest BCUT2D eigenvalue weighted by molar-refractivity contribution is -0.133. The van der Waals surface area contributed by atoms with E-state index in [2.05, 4.69) is 13.2 Å². The summed E-state index contributed by atoms with van der Waals surface area (Å²) in [6.07, 6.45) is 0. The highest BCUT2D eigenvalue weighted by Gasteiger charge is 1.90. The molecule has 8 nitrogen and oxygen atoms in total. The summed E-state index contributed by atoms with van der Waals surface area (Å²) < 4.78 is 31.6. The maximum absolute atomic E-state index is 9.60. The van der Waals surface area contributed by atoms with Crippen LogP contribution in [0.25, 0.3) is 0 Å². The molecule has 0 unspecified atom stereocenters. The van der Waals surface area contributed by atoms with Crippen molar-refractivity contribution < 1.29 is 37.3 Å². The van der Waals surface area contributed by atoms with Crippen molar-refractivity contribution in [3.05, 3.63) is 24.3 Å².